The SMILES string of the molecule is Cc1cc(Br)c2ncc(I)c(Cl)c2c1. The van der Waals surface area contributed by atoms with E-state index in [0.717, 1.165) is 24.0 Å². The molecule has 0 amide bonds. The summed E-state index contributed by atoms with van der Waals surface area (Å²) in [5.41, 5.74) is 2.09. The minimum Gasteiger partial charge on any atom is -0.254 e. The molecule has 0 aliphatic heterocycles. The monoisotopic (exact) mass is 381 g/mol. The number of benzene rings is 1. The predicted octanol–water partition coefficient (Wildman–Crippen LogP) is 4.56. The second-order valence-corrected chi connectivity index (χ2v) is 5.46. The van der Waals surface area contributed by atoms with Crippen molar-refractivity contribution in [3.05, 3.63) is 37.0 Å². The first-order valence-electron chi connectivity index (χ1n) is 3.99. The van der Waals surface area contributed by atoms with Gasteiger partial charge in [0.1, 0.15) is 0 Å². The molecule has 0 bridgehead atoms. The third-order valence-electron chi connectivity index (χ3n) is 1.96. The Kier molecular flexibility index (Phi) is 3.00. The highest BCUT2D eigenvalue weighted by Crippen LogP contribution is 2.31. The molecule has 0 aliphatic carbocycles. The summed E-state index contributed by atoms with van der Waals surface area (Å²) in [5, 5.41) is 1.78. The topological polar surface area (TPSA) is 12.9 Å². The fraction of sp³-hybridized carbons (Fsp3) is 0.100. The van der Waals surface area contributed by atoms with Crippen LogP contribution in [0.5, 0.6) is 0 Å². The molecule has 0 saturated carbocycles. The van der Waals surface area contributed by atoms with Crippen molar-refractivity contribution in [3.8, 4) is 0 Å². The maximum absolute atomic E-state index is 6.20. The van der Waals surface area contributed by atoms with Crippen molar-refractivity contribution < 1.29 is 0 Å². The second kappa shape index (κ2) is 3.94. The van der Waals surface area contributed by atoms with Crippen molar-refractivity contribution in [3.63, 3.8) is 0 Å². The van der Waals surface area contributed by atoms with Gasteiger partial charge in [0.2, 0.25) is 0 Å². The van der Waals surface area contributed by atoms with Crippen LogP contribution in [-0.2, 0) is 0 Å². The van der Waals surface area contributed by atoms with Crippen LogP contribution in [0.3, 0.4) is 0 Å². The van der Waals surface area contributed by atoms with Gasteiger partial charge in [0.25, 0.3) is 0 Å². The fourth-order valence-electron chi connectivity index (χ4n) is 1.34. The Balaban J connectivity index is 2.95. The highest BCUT2D eigenvalue weighted by molar-refractivity contribution is 14.1. The quantitative estimate of drug-likeness (QED) is 0.609. The molecule has 0 unspecified atom stereocenters. The largest absolute Gasteiger partial charge is 0.254 e. The maximum atomic E-state index is 6.20. The second-order valence-electron chi connectivity index (χ2n) is 3.06. The molecular weight excluding hydrogens is 376 g/mol. The number of halogens is 3. The van der Waals surface area contributed by atoms with Gasteiger partial charge in [-0.3, -0.25) is 4.98 Å². The minimum atomic E-state index is 0.778. The number of hydrogen-bond acceptors (Lipinski definition) is 1. The summed E-state index contributed by atoms with van der Waals surface area (Å²) in [4.78, 5) is 4.34. The van der Waals surface area contributed by atoms with E-state index in [1.807, 2.05) is 13.0 Å². The fourth-order valence-corrected chi connectivity index (χ4v) is 2.64. The van der Waals surface area contributed by atoms with Gasteiger partial charge < -0.3 is 0 Å². The number of fused-ring (bicyclic) bond motifs is 1. The average Bonchev–Trinajstić information content (AvgIpc) is 2.12. The van der Waals surface area contributed by atoms with Crippen molar-refractivity contribution >= 4 is 61.0 Å². The molecule has 4 heteroatoms. The molecule has 14 heavy (non-hydrogen) atoms. The Morgan fingerprint density at radius 2 is 2.14 bits per heavy atom. The molecule has 72 valence electrons. The van der Waals surface area contributed by atoms with Crippen LogP contribution in [0.25, 0.3) is 10.9 Å². The van der Waals surface area contributed by atoms with Crippen LogP contribution < -0.4 is 0 Å². The van der Waals surface area contributed by atoms with Crippen LogP contribution >= 0.6 is 50.1 Å². The molecule has 1 nitrogen and oxygen atoms in total. The first-order valence-corrected chi connectivity index (χ1v) is 6.24. The van der Waals surface area contributed by atoms with Crippen LogP contribution in [0.4, 0.5) is 0 Å². The smallest absolute Gasteiger partial charge is 0.0859 e. The molecule has 2 rings (SSSR count). The Morgan fingerprint density at radius 1 is 1.43 bits per heavy atom. The van der Waals surface area contributed by atoms with E-state index < -0.39 is 0 Å². The Labute approximate surface area is 109 Å². The highest BCUT2D eigenvalue weighted by Gasteiger charge is 2.07. The van der Waals surface area contributed by atoms with Crippen LogP contribution in [-0.4, -0.2) is 4.98 Å². The zero-order valence-electron chi connectivity index (χ0n) is 7.31. The molecule has 0 aliphatic rings. The summed E-state index contributed by atoms with van der Waals surface area (Å²) in [6.45, 7) is 2.04. The predicted molar refractivity (Wildman–Crippen MR) is 71.9 cm³/mol. The van der Waals surface area contributed by atoms with E-state index in [9.17, 15) is 0 Å². The number of aromatic nitrogens is 1. The van der Waals surface area contributed by atoms with Gasteiger partial charge in [-0.15, -0.1) is 0 Å². The van der Waals surface area contributed by atoms with Crippen molar-refractivity contribution in [2.24, 2.45) is 0 Å². The first kappa shape index (κ1) is 10.6. The number of aryl methyl sites for hydroxylation is 1. The van der Waals surface area contributed by atoms with E-state index in [-0.39, 0.29) is 0 Å². The third kappa shape index (κ3) is 1.77. The number of rotatable bonds is 0. The van der Waals surface area contributed by atoms with E-state index in [4.69, 9.17) is 11.6 Å². The lowest BCUT2D eigenvalue weighted by atomic mass is 10.1. The Morgan fingerprint density at radius 3 is 2.86 bits per heavy atom. The van der Waals surface area contributed by atoms with Gasteiger partial charge in [-0.05, 0) is 63.1 Å². The molecular formula is C10H6BrClIN. The zero-order valence-corrected chi connectivity index (χ0v) is 11.8. The summed E-state index contributed by atoms with van der Waals surface area (Å²) >= 11 is 11.9. The molecule has 1 aromatic carbocycles. The molecule has 2 aromatic rings. The lowest BCUT2D eigenvalue weighted by Crippen LogP contribution is -1.86. The van der Waals surface area contributed by atoms with Crippen LogP contribution in [0.2, 0.25) is 5.02 Å². The summed E-state index contributed by atoms with van der Waals surface area (Å²) in [7, 11) is 0. The first-order chi connectivity index (χ1) is 6.59. The normalized spacial score (nSPS) is 10.9. The molecule has 0 fully saturated rings. The van der Waals surface area contributed by atoms with Gasteiger partial charge in [0, 0.05) is 16.1 Å². The summed E-state index contributed by atoms with van der Waals surface area (Å²) in [6.07, 6.45) is 1.78. The van der Waals surface area contributed by atoms with E-state index in [0.29, 0.717) is 0 Å². The van der Waals surface area contributed by atoms with Gasteiger partial charge >= 0.3 is 0 Å². The van der Waals surface area contributed by atoms with Crippen LogP contribution in [0.1, 0.15) is 5.56 Å². The van der Waals surface area contributed by atoms with Crippen molar-refractivity contribution in [2.45, 2.75) is 6.92 Å². The molecule has 1 aromatic heterocycles. The van der Waals surface area contributed by atoms with E-state index >= 15 is 0 Å². The zero-order chi connectivity index (χ0) is 10.3. The molecule has 0 N–H and O–H groups in total. The minimum absolute atomic E-state index is 0.778. The van der Waals surface area contributed by atoms with Crippen molar-refractivity contribution in [2.75, 3.05) is 0 Å². The summed E-state index contributed by atoms with van der Waals surface area (Å²) in [6, 6.07) is 4.09. The lowest BCUT2D eigenvalue weighted by Gasteiger charge is -2.05. The molecule has 0 saturated heterocycles. The Bertz CT molecular complexity index is 513. The average molecular weight is 382 g/mol. The Hall–Kier alpha value is 0.130. The number of pyridine rings is 1. The van der Waals surface area contributed by atoms with Crippen LogP contribution in [0, 0.1) is 10.5 Å². The maximum Gasteiger partial charge on any atom is 0.0859 e. The molecule has 0 spiro atoms. The molecule has 0 radical (unpaired) electrons. The van der Waals surface area contributed by atoms with E-state index in [2.05, 4.69) is 49.6 Å². The van der Waals surface area contributed by atoms with Gasteiger partial charge in [0.15, 0.2) is 0 Å². The van der Waals surface area contributed by atoms with Crippen molar-refractivity contribution in [1.29, 1.82) is 0 Å². The van der Waals surface area contributed by atoms with E-state index in [1.54, 1.807) is 6.20 Å². The standard InChI is InChI=1S/C10H6BrClIN/c1-5-2-6-9(12)8(13)4-14-10(6)7(11)3-5/h2-4H,1H3. The number of hydrogen-bond donors (Lipinski definition) is 0. The lowest BCUT2D eigenvalue weighted by molar-refractivity contribution is 1.36. The van der Waals surface area contributed by atoms with Gasteiger partial charge in [-0.25, -0.2) is 0 Å². The summed E-state index contributed by atoms with van der Waals surface area (Å²) in [5.74, 6) is 0. The van der Waals surface area contributed by atoms with Crippen molar-refractivity contribution in [1.82, 2.24) is 4.98 Å². The third-order valence-corrected chi connectivity index (χ3v) is 4.11. The van der Waals surface area contributed by atoms with E-state index in [1.165, 1.54) is 5.56 Å². The molecule has 1 heterocycles. The highest BCUT2D eigenvalue weighted by atomic mass is 127. The van der Waals surface area contributed by atoms with Gasteiger partial charge in [-0.2, -0.15) is 0 Å². The summed E-state index contributed by atoms with van der Waals surface area (Å²) < 4.78 is 1.97. The van der Waals surface area contributed by atoms with Crippen LogP contribution in [0.15, 0.2) is 22.8 Å². The van der Waals surface area contributed by atoms with Gasteiger partial charge in [-0.1, -0.05) is 11.6 Å². The number of nitrogens with zero attached hydrogens (tertiary/aromatic N) is 1. The molecule has 0 atom stereocenters. The van der Waals surface area contributed by atoms with Gasteiger partial charge in [0.05, 0.1) is 14.1 Å².